The van der Waals surface area contributed by atoms with Gasteiger partial charge in [-0.05, 0) is 13.3 Å². The zero-order chi connectivity index (χ0) is 11.1. The fourth-order valence-corrected chi connectivity index (χ4v) is 1.39. The Balaban J connectivity index is 2.88. The molecule has 15 heavy (non-hydrogen) atoms. The normalized spacial score (nSPS) is 10.1. The molecule has 1 aromatic rings. The van der Waals surface area contributed by atoms with E-state index in [-0.39, 0.29) is 6.61 Å². The molecule has 0 spiro atoms. The van der Waals surface area contributed by atoms with Crippen molar-refractivity contribution in [3.63, 3.8) is 0 Å². The largest absolute Gasteiger partial charge is 0.395 e. The number of anilines is 2. The van der Waals surface area contributed by atoms with Crippen molar-refractivity contribution >= 4 is 11.6 Å². The first-order valence-electron chi connectivity index (χ1n) is 5.25. The van der Waals surface area contributed by atoms with Gasteiger partial charge in [-0.25, -0.2) is 9.97 Å². The maximum Gasteiger partial charge on any atom is 0.134 e. The summed E-state index contributed by atoms with van der Waals surface area (Å²) in [6.07, 6.45) is 2.38. The van der Waals surface area contributed by atoms with Crippen LogP contribution < -0.4 is 10.6 Å². The SMILES string of the molecule is CCNc1ncnc(NCCO)c1CC. The quantitative estimate of drug-likeness (QED) is 0.650. The molecule has 1 heterocycles. The molecule has 0 atom stereocenters. The van der Waals surface area contributed by atoms with Gasteiger partial charge in [0.15, 0.2) is 0 Å². The maximum atomic E-state index is 8.74. The highest BCUT2D eigenvalue weighted by atomic mass is 16.3. The lowest BCUT2D eigenvalue weighted by atomic mass is 10.2. The molecule has 0 aliphatic carbocycles. The second-order valence-corrected chi connectivity index (χ2v) is 3.08. The summed E-state index contributed by atoms with van der Waals surface area (Å²) in [5.41, 5.74) is 1.06. The predicted octanol–water partition coefficient (Wildman–Crippen LogP) is 0.875. The van der Waals surface area contributed by atoms with Gasteiger partial charge in [-0.1, -0.05) is 6.92 Å². The minimum absolute atomic E-state index is 0.101. The number of aliphatic hydroxyl groups excluding tert-OH is 1. The van der Waals surface area contributed by atoms with E-state index in [4.69, 9.17) is 5.11 Å². The van der Waals surface area contributed by atoms with Crippen LogP contribution in [0.4, 0.5) is 11.6 Å². The van der Waals surface area contributed by atoms with Crippen LogP contribution in [0.15, 0.2) is 6.33 Å². The molecule has 0 radical (unpaired) electrons. The first kappa shape index (κ1) is 11.7. The van der Waals surface area contributed by atoms with Gasteiger partial charge in [0.25, 0.3) is 0 Å². The van der Waals surface area contributed by atoms with Crippen LogP contribution in [0.1, 0.15) is 19.4 Å². The van der Waals surface area contributed by atoms with Gasteiger partial charge in [0.2, 0.25) is 0 Å². The van der Waals surface area contributed by atoms with Crippen LogP contribution in [0.25, 0.3) is 0 Å². The summed E-state index contributed by atoms with van der Waals surface area (Å²) >= 11 is 0. The second-order valence-electron chi connectivity index (χ2n) is 3.08. The average molecular weight is 210 g/mol. The first-order chi connectivity index (χ1) is 7.33. The fraction of sp³-hybridized carbons (Fsp3) is 0.600. The van der Waals surface area contributed by atoms with E-state index in [0.717, 1.165) is 30.2 Å². The Morgan fingerprint density at radius 2 is 1.87 bits per heavy atom. The van der Waals surface area contributed by atoms with Crippen molar-refractivity contribution in [2.24, 2.45) is 0 Å². The predicted molar refractivity (Wildman–Crippen MR) is 61.1 cm³/mol. The molecule has 0 aliphatic rings. The Kier molecular flexibility index (Phi) is 4.83. The zero-order valence-electron chi connectivity index (χ0n) is 9.25. The highest BCUT2D eigenvalue weighted by Gasteiger charge is 2.07. The molecule has 0 aliphatic heterocycles. The molecule has 0 saturated carbocycles. The lowest BCUT2D eigenvalue weighted by Crippen LogP contribution is -2.12. The number of aliphatic hydroxyl groups is 1. The van der Waals surface area contributed by atoms with Crippen molar-refractivity contribution < 1.29 is 5.11 Å². The van der Waals surface area contributed by atoms with E-state index in [2.05, 4.69) is 27.5 Å². The molecule has 0 fully saturated rings. The Bertz CT molecular complexity index is 303. The molecular formula is C10H18N4O. The van der Waals surface area contributed by atoms with Crippen molar-refractivity contribution in [2.45, 2.75) is 20.3 Å². The average Bonchev–Trinajstić information content (AvgIpc) is 2.27. The number of hydrogen-bond acceptors (Lipinski definition) is 5. The third kappa shape index (κ3) is 3.06. The minimum atomic E-state index is 0.101. The number of hydrogen-bond donors (Lipinski definition) is 3. The summed E-state index contributed by atoms with van der Waals surface area (Å²) in [5, 5.41) is 15.0. The highest BCUT2D eigenvalue weighted by molar-refractivity contribution is 5.57. The number of nitrogens with one attached hydrogen (secondary N) is 2. The topological polar surface area (TPSA) is 70.1 Å². The van der Waals surface area contributed by atoms with E-state index in [9.17, 15) is 0 Å². The number of rotatable bonds is 6. The third-order valence-corrected chi connectivity index (χ3v) is 2.05. The highest BCUT2D eigenvalue weighted by Crippen LogP contribution is 2.19. The summed E-state index contributed by atoms with van der Waals surface area (Å²) in [6.45, 7) is 5.54. The fourth-order valence-electron chi connectivity index (χ4n) is 1.39. The Labute approximate surface area is 90.0 Å². The van der Waals surface area contributed by atoms with Crippen LogP contribution in [0, 0.1) is 0 Å². The Hall–Kier alpha value is -1.36. The van der Waals surface area contributed by atoms with Crippen LogP contribution >= 0.6 is 0 Å². The van der Waals surface area contributed by atoms with Gasteiger partial charge in [0.1, 0.15) is 18.0 Å². The smallest absolute Gasteiger partial charge is 0.134 e. The zero-order valence-corrected chi connectivity index (χ0v) is 9.25. The minimum Gasteiger partial charge on any atom is -0.395 e. The monoisotopic (exact) mass is 210 g/mol. The lowest BCUT2D eigenvalue weighted by Gasteiger charge is -2.12. The van der Waals surface area contributed by atoms with Crippen molar-refractivity contribution in [3.05, 3.63) is 11.9 Å². The summed E-state index contributed by atoms with van der Waals surface area (Å²) in [4.78, 5) is 8.34. The summed E-state index contributed by atoms with van der Waals surface area (Å²) in [6, 6.07) is 0. The second kappa shape index (κ2) is 6.19. The van der Waals surface area contributed by atoms with Crippen molar-refractivity contribution in [2.75, 3.05) is 30.3 Å². The van der Waals surface area contributed by atoms with Crippen LogP contribution in [-0.4, -0.2) is 34.8 Å². The number of nitrogens with zero attached hydrogens (tertiary/aromatic N) is 2. The summed E-state index contributed by atoms with van der Waals surface area (Å²) in [5.74, 6) is 1.67. The van der Waals surface area contributed by atoms with Crippen LogP contribution in [0.3, 0.4) is 0 Å². The third-order valence-electron chi connectivity index (χ3n) is 2.05. The molecule has 5 heteroatoms. The van der Waals surface area contributed by atoms with E-state index in [1.54, 1.807) is 0 Å². The lowest BCUT2D eigenvalue weighted by molar-refractivity contribution is 0.311. The Morgan fingerprint density at radius 1 is 1.20 bits per heavy atom. The summed E-state index contributed by atoms with van der Waals surface area (Å²) < 4.78 is 0. The van der Waals surface area contributed by atoms with E-state index < -0.39 is 0 Å². The maximum absolute atomic E-state index is 8.74. The Morgan fingerprint density at radius 3 is 2.40 bits per heavy atom. The molecule has 0 unspecified atom stereocenters. The molecule has 1 rings (SSSR count). The molecule has 0 aromatic carbocycles. The van der Waals surface area contributed by atoms with Crippen molar-refractivity contribution in [1.82, 2.24) is 9.97 Å². The van der Waals surface area contributed by atoms with Gasteiger partial charge in [-0.2, -0.15) is 0 Å². The molecule has 0 saturated heterocycles. The molecule has 84 valence electrons. The van der Waals surface area contributed by atoms with E-state index in [1.165, 1.54) is 6.33 Å². The van der Waals surface area contributed by atoms with E-state index in [1.807, 2.05) is 6.92 Å². The van der Waals surface area contributed by atoms with Gasteiger partial charge >= 0.3 is 0 Å². The molecule has 5 nitrogen and oxygen atoms in total. The standard InChI is InChI=1S/C10H18N4O/c1-3-8-9(11-4-2)13-7-14-10(8)12-5-6-15/h7,15H,3-6H2,1-2H3,(H2,11,12,13,14). The van der Waals surface area contributed by atoms with E-state index >= 15 is 0 Å². The molecular weight excluding hydrogens is 192 g/mol. The summed E-state index contributed by atoms with van der Waals surface area (Å²) in [7, 11) is 0. The van der Waals surface area contributed by atoms with Crippen LogP contribution in [0.5, 0.6) is 0 Å². The molecule has 0 bridgehead atoms. The van der Waals surface area contributed by atoms with Gasteiger partial charge in [0, 0.05) is 18.7 Å². The van der Waals surface area contributed by atoms with Gasteiger partial charge in [-0.15, -0.1) is 0 Å². The van der Waals surface area contributed by atoms with Crippen molar-refractivity contribution in [1.29, 1.82) is 0 Å². The van der Waals surface area contributed by atoms with E-state index in [0.29, 0.717) is 6.54 Å². The first-order valence-corrected chi connectivity index (χ1v) is 5.25. The van der Waals surface area contributed by atoms with Gasteiger partial charge in [0.05, 0.1) is 6.61 Å². The van der Waals surface area contributed by atoms with Crippen LogP contribution in [0.2, 0.25) is 0 Å². The number of aromatic nitrogens is 2. The van der Waals surface area contributed by atoms with Crippen molar-refractivity contribution in [3.8, 4) is 0 Å². The molecule has 1 aromatic heterocycles. The molecule has 3 N–H and O–H groups in total. The van der Waals surface area contributed by atoms with Crippen LogP contribution in [-0.2, 0) is 6.42 Å². The van der Waals surface area contributed by atoms with Gasteiger partial charge in [-0.3, -0.25) is 0 Å². The van der Waals surface area contributed by atoms with Gasteiger partial charge < -0.3 is 15.7 Å². The molecule has 0 amide bonds.